The molecule has 9 atom stereocenters. The molecule has 0 heterocycles. The van der Waals surface area contributed by atoms with E-state index in [9.17, 15) is 0 Å². The molecule has 0 spiro atoms. The Kier molecular flexibility index (Phi) is 14.9. The highest BCUT2D eigenvalue weighted by molar-refractivity contribution is 9.24. The van der Waals surface area contributed by atoms with Gasteiger partial charge in [0.05, 0.1) is 0 Å². The van der Waals surface area contributed by atoms with Crippen molar-refractivity contribution in [2.24, 2.45) is 0 Å². The predicted molar refractivity (Wildman–Crippen MR) is 111 cm³/mol. The van der Waals surface area contributed by atoms with Gasteiger partial charge in [0.1, 0.15) is 0 Å². The predicted octanol–water partition coefficient (Wildman–Crippen LogP) is 7.18. The molecule has 0 amide bonds. The third kappa shape index (κ3) is 7.68. The fourth-order valence-electron chi connectivity index (χ4n) is 0.526. The molecule has 0 aromatic carbocycles. The summed E-state index contributed by atoms with van der Waals surface area (Å²) in [6.07, 6.45) is 0. The van der Waals surface area contributed by atoms with E-state index in [2.05, 4.69) is 62.5 Å². The zero-order chi connectivity index (χ0) is 10.6. The Morgan fingerprint density at radius 1 is 0.692 bits per heavy atom. The molecular formula is H15P13. The number of hydrogen-bond acceptors (Lipinski definition) is 0. The molecule has 0 fully saturated rings. The van der Waals surface area contributed by atoms with E-state index in [0.29, 0.717) is 0 Å². The minimum Gasteiger partial charge on any atom is -0.109 e. The van der Waals surface area contributed by atoms with Crippen LogP contribution in [-0.2, 0) is 0 Å². The summed E-state index contributed by atoms with van der Waals surface area (Å²) in [5.41, 5.74) is 0. The van der Waals surface area contributed by atoms with E-state index >= 15 is 0 Å². The standard InChI is InChI=1S/H15P13/c1-8-12(9(2)3)13(10(4)5)11(6)7/h8H,1-7H2. The van der Waals surface area contributed by atoms with Crippen molar-refractivity contribution < 1.29 is 0 Å². The fourth-order valence-corrected chi connectivity index (χ4v) is 128. The van der Waals surface area contributed by atoms with Crippen LogP contribution in [0.4, 0.5) is 0 Å². The maximum atomic E-state index is 3.03. The molecule has 13 heavy (non-hydrogen) atoms. The van der Waals surface area contributed by atoms with Gasteiger partial charge in [0.25, 0.3) is 0 Å². The van der Waals surface area contributed by atoms with Gasteiger partial charge in [-0.05, 0) is 34.9 Å². The van der Waals surface area contributed by atoms with Gasteiger partial charge in [-0.25, -0.2) is 0 Å². The molecule has 0 aliphatic carbocycles. The van der Waals surface area contributed by atoms with Crippen molar-refractivity contribution in [3.05, 3.63) is 0 Å². The molecular weight excluding hydrogens is 403 g/mol. The monoisotopic (exact) mass is 418 g/mol. The first-order valence-corrected chi connectivity index (χ1v) is 25.8. The van der Waals surface area contributed by atoms with Gasteiger partial charge in [-0.3, -0.25) is 0 Å². The second kappa shape index (κ2) is 10.4. The summed E-state index contributed by atoms with van der Waals surface area (Å²) in [6, 6.07) is 0. The van der Waals surface area contributed by atoms with Crippen LogP contribution in [0, 0.1) is 0 Å². The second-order valence-electron chi connectivity index (χ2n) is 1.83. The molecule has 0 nitrogen and oxygen atoms in total. The van der Waals surface area contributed by atoms with Crippen molar-refractivity contribution in [2.45, 2.75) is 0 Å². The quantitative estimate of drug-likeness (QED) is 0.415. The molecule has 0 aliphatic heterocycles. The molecule has 0 saturated carbocycles. The summed E-state index contributed by atoms with van der Waals surface area (Å²) in [5, 5.41) is 0. The first-order chi connectivity index (χ1) is 5.91. The van der Waals surface area contributed by atoms with E-state index in [1.807, 2.05) is 0 Å². The summed E-state index contributed by atoms with van der Waals surface area (Å²) in [5.74, 6) is 0. The Hall–Kier alpha value is 5.59. The van der Waals surface area contributed by atoms with Crippen molar-refractivity contribution in [2.75, 3.05) is 0 Å². The van der Waals surface area contributed by atoms with Crippen LogP contribution in [0.25, 0.3) is 0 Å². The van der Waals surface area contributed by atoms with Gasteiger partial charge >= 0.3 is 0 Å². The van der Waals surface area contributed by atoms with Crippen molar-refractivity contribution in [1.82, 2.24) is 0 Å². The zero-order valence-corrected chi connectivity index (χ0v) is 20.3. The molecule has 0 rings (SSSR count). The molecule has 0 bridgehead atoms. The van der Waals surface area contributed by atoms with Crippen LogP contribution in [-0.4, -0.2) is 0 Å². The first kappa shape index (κ1) is 18.6. The second-order valence-corrected chi connectivity index (χ2v) is 49.3. The average Bonchev–Trinajstić information content (AvgIpc) is 1.97. The summed E-state index contributed by atoms with van der Waals surface area (Å²) >= 11 is 0. The van der Waals surface area contributed by atoms with Gasteiger partial charge in [-0.2, -0.15) is 0 Å². The lowest BCUT2D eigenvalue weighted by molar-refractivity contribution is 4.61. The maximum absolute atomic E-state index is 3.03. The zero-order valence-electron chi connectivity index (χ0n) is 6.78. The largest absolute Gasteiger partial charge is 0.109 e. The Morgan fingerprint density at radius 3 is 1.15 bits per heavy atom. The Balaban J connectivity index is 4.49. The van der Waals surface area contributed by atoms with Crippen molar-refractivity contribution in [1.29, 1.82) is 0 Å². The molecule has 0 aromatic heterocycles. The van der Waals surface area contributed by atoms with E-state index in [4.69, 9.17) is 0 Å². The van der Waals surface area contributed by atoms with Gasteiger partial charge in [0.2, 0.25) is 0 Å². The van der Waals surface area contributed by atoms with E-state index in [1.54, 1.807) is 0 Å². The molecule has 13 heteroatoms. The van der Waals surface area contributed by atoms with Crippen LogP contribution < -0.4 is 0 Å². The third-order valence-electron chi connectivity index (χ3n) is 0.917. The molecule has 0 radical (unpaired) electrons. The summed E-state index contributed by atoms with van der Waals surface area (Å²) in [6.45, 7) is 0.866. The Morgan fingerprint density at radius 2 is 1.08 bits per heavy atom. The molecule has 0 aromatic rings. The summed E-state index contributed by atoms with van der Waals surface area (Å²) < 4.78 is 0. The van der Waals surface area contributed by atoms with Gasteiger partial charge in [0.15, 0.2) is 0 Å². The lowest BCUT2D eigenvalue weighted by Gasteiger charge is -2.34. The lowest BCUT2D eigenvalue weighted by atomic mass is 28.7. The highest BCUT2D eigenvalue weighted by atomic mass is 33.3. The molecule has 0 saturated heterocycles. The van der Waals surface area contributed by atoms with Crippen LogP contribution in [0.15, 0.2) is 0 Å². The average molecular weight is 418 g/mol. The number of hydrogen-bond donors (Lipinski definition) is 0. The van der Waals surface area contributed by atoms with Crippen molar-refractivity contribution >= 4 is 105 Å². The van der Waals surface area contributed by atoms with Crippen molar-refractivity contribution in [3.63, 3.8) is 0 Å². The van der Waals surface area contributed by atoms with Gasteiger partial charge in [0, 0.05) is 0 Å². The van der Waals surface area contributed by atoms with Crippen LogP contribution in [0.2, 0.25) is 0 Å². The molecule has 0 N–H and O–H groups in total. The van der Waals surface area contributed by atoms with E-state index in [-0.39, 0.29) is 34.9 Å². The van der Waals surface area contributed by atoms with Crippen LogP contribution in [0.3, 0.4) is 0 Å². The van der Waals surface area contributed by atoms with Crippen LogP contribution in [0.5, 0.6) is 0 Å². The Labute approximate surface area is 105 Å². The van der Waals surface area contributed by atoms with Crippen LogP contribution >= 0.6 is 105 Å². The third-order valence-corrected chi connectivity index (χ3v) is 74.3. The highest BCUT2D eigenvalue weighted by Gasteiger charge is 2.28. The van der Waals surface area contributed by atoms with Gasteiger partial charge in [-0.15, -0.1) is 62.5 Å². The Bertz CT molecular complexity index is 114. The van der Waals surface area contributed by atoms with E-state index < -0.39 is 0 Å². The molecule has 9 unspecified atom stereocenters. The lowest BCUT2D eigenvalue weighted by Crippen LogP contribution is -1.45. The highest BCUT2D eigenvalue weighted by Crippen LogP contribution is 3.18. The summed E-state index contributed by atoms with van der Waals surface area (Å²) in [7, 11) is 22.2. The molecule has 0 aliphatic rings. The SMILES string of the molecule is PPP(P(P)P)P(P(P)P)P(P)P. The molecule has 80 valence electrons. The maximum Gasteiger partial charge on any atom is -0.00573 e. The smallest absolute Gasteiger partial charge is 0.00573 e. The minimum absolute atomic E-state index is 0.116. The van der Waals surface area contributed by atoms with Crippen LogP contribution in [0.1, 0.15) is 0 Å². The fraction of sp³-hybridized carbons (Fsp3) is 0. The van der Waals surface area contributed by atoms with Crippen molar-refractivity contribution in [3.8, 4) is 0 Å². The number of rotatable bonds is 5. The van der Waals surface area contributed by atoms with E-state index in [0.717, 1.165) is 7.96 Å². The van der Waals surface area contributed by atoms with E-state index in [1.165, 1.54) is 0 Å². The first-order valence-electron chi connectivity index (χ1n) is 2.86. The topological polar surface area (TPSA) is 0 Å². The van der Waals surface area contributed by atoms with Gasteiger partial charge < -0.3 is 0 Å². The summed E-state index contributed by atoms with van der Waals surface area (Å²) in [4.78, 5) is 0. The van der Waals surface area contributed by atoms with Gasteiger partial charge in [-0.1, -0.05) is 7.96 Å². The minimum atomic E-state index is 0.116. The normalized spacial score (nSPS) is 15.9.